The molecular weight excluding hydrogens is 1290 g/mol. The zero-order chi connectivity index (χ0) is 69.1. The summed E-state index contributed by atoms with van der Waals surface area (Å²) in [4.78, 5) is 2.01. The van der Waals surface area contributed by atoms with E-state index in [1.165, 1.54) is 60.2 Å². The van der Waals surface area contributed by atoms with Crippen LogP contribution in [-0.4, -0.2) is 133 Å². The zero-order valence-electron chi connectivity index (χ0n) is 55.5. The first-order valence-electron chi connectivity index (χ1n) is 34.8. The molecule has 0 aromatic heterocycles. The van der Waals surface area contributed by atoms with Crippen LogP contribution in [-0.2, 0) is 65.8 Å². The Kier molecular flexibility index (Phi) is 23.2. The van der Waals surface area contributed by atoms with Gasteiger partial charge in [0.05, 0.1) is 19.8 Å². The number of nitrogens with zero attached hydrogens (tertiary/aromatic N) is 1. The van der Waals surface area contributed by atoms with Crippen LogP contribution in [0, 0.1) is 34.9 Å². The van der Waals surface area contributed by atoms with Crippen molar-refractivity contribution in [3.63, 3.8) is 0 Å². The molecule has 100 heavy (non-hydrogen) atoms. The standard InChI is InChI=1S/C29H31F2NO4.C18H20FNO2.3C11H11FO2/c30-22-8-12-26-20(14-22)6-10-28(35-26)24(33)17-32(16-19-4-2-1-3-5-19)18-25(34)29-11-7-21-15-23(31)9-13-27(21)36-29;19-15-7-9-17-14(10-15)6-8-18(22-17)16(21)12-20-11-13-4-2-1-3-5-13;3*12-8-2-4-9-7(5-8)1-3-10(14-9)11-6-13-11/h1-5,8-9,12-15,24-25,28-29,33-34H,6-7,10-11,16-18H2;1-5,7,9-10,16,18,20-21H,6,8,11-12H2;3*2,4-5,10-11H,1,3,6H2. The molecular formula is C80H84F6N2O12. The topological polar surface area (TPSA) is 169 Å². The molecule has 8 aromatic carbocycles. The van der Waals surface area contributed by atoms with Crippen molar-refractivity contribution in [3.05, 3.63) is 249 Å². The number of nitrogens with one attached hydrogen (secondary N) is 1. The molecule has 14 nitrogen and oxygen atoms in total. The van der Waals surface area contributed by atoms with Crippen LogP contribution in [0.3, 0.4) is 0 Å². The molecule has 0 aliphatic carbocycles. The van der Waals surface area contributed by atoms with Crippen LogP contribution in [0.15, 0.2) is 170 Å². The monoisotopic (exact) mass is 1380 g/mol. The van der Waals surface area contributed by atoms with E-state index in [0.29, 0.717) is 82.1 Å². The largest absolute Gasteiger partial charge is 0.487 e. The highest BCUT2D eigenvalue weighted by molar-refractivity contribution is 5.41. The van der Waals surface area contributed by atoms with Gasteiger partial charge in [0.25, 0.3) is 0 Å². The second-order valence-electron chi connectivity index (χ2n) is 26.8. The first-order chi connectivity index (χ1) is 48.6. The van der Waals surface area contributed by atoms with E-state index in [1.807, 2.05) is 65.6 Å². The van der Waals surface area contributed by atoms with Crippen molar-refractivity contribution in [1.29, 1.82) is 0 Å². The Balaban J connectivity index is 0.000000119. The summed E-state index contributed by atoms with van der Waals surface area (Å²) in [5, 5.41) is 35.7. The number of hydrogen-bond donors (Lipinski definition) is 4. The molecule has 20 heteroatoms. The highest BCUT2D eigenvalue weighted by Gasteiger charge is 2.40. The molecule has 9 heterocycles. The molecule has 0 saturated carbocycles. The van der Waals surface area contributed by atoms with E-state index in [-0.39, 0.29) is 77.6 Å². The Hall–Kier alpha value is -8.18. The summed E-state index contributed by atoms with van der Waals surface area (Å²) in [7, 11) is 0. The second-order valence-corrected chi connectivity index (χ2v) is 26.8. The quantitative estimate of drug-likeness (QED) is 0.0532. The van der Waals surface area contributed by atoms with Crippen molar-refractivity contribution < 1.29 is 84.3 Å². The van der Waals surface area contributed by atoms with Gasteiger partial charge in [-0.15, -0.1) is 0 Å². The molecule has 4 N–H and O–H groups in total. The van der Waals surface area contributed by atoms with Gasteiger partial charge in [-0.3, -0.25) is 4.90 Å². The highest BCUT2D eigenvalue weighted by atomic mass is 19.1. The van der Waals surface area contributed by atoms with Crippen molar-refractivity contribution in [1.82, 2.24) is 10.2 Å². The maximum Gasteiger partial charge on any atom is 0.127 e. The van der Waals surface area contributed by atoms with Crippen LogP contribution >= 0.6 is 0 Å². The number of aryl methyl sites for hydroxylation is 6. The van der Waals surface area contributed by atoms with Crippen LogP contribution in [0.25, 0.3) is 0 Å². The minimum atomic E-state index is -0.796. The van der Waals surface area contributed by atoms with Gasteiger partial charge < -0.3 is 63.3 Å². The van der Waals surface area contributed by atoms with Gasteiger partial charge in [0.2, 0.25) is 0 Å². The molecule has 0 radical (unpaired) electrons. The first-order valence-corrected chi connectivity index (χ1v) is 34.8. The highest BCUT2D eigenvalue weighted by Crippen LogP contribution is 2.37. The lowest BCUT2D eigenvalue weighted by Gasteiger charge is -2.35. The molecule has 3 fully saturated rings. The number of benzene rings is 8. The molecule has 0 bridgehead atoms. The van der Waals surface area contributed by atoms with E-state index in [0.717, 1.165) is 121 Å². The summed E-state index contributed by atoms with van der Waals surface area (Å²) in [5.74, 6) is 2.95. The molecule has 0 spiro atoms. The second kappa shape index (κ2) is 33.1. The van der Waals surface area contributed by atoms with Gasteiger partial charge in [-0.05, 0) is 231 Å². The van der Waals surface area contributed by atoms with E-state index < -0.39 is 30.5 Å². The van der Waals surface area contributed by atoms with Gasteiger partial charge in [-0.25, -0.2) is 26.3 Å². The van der Waals surface area contributed by atoms with Crippen molar-refractivity contribution in [2.45, 2.75) is 163 Å². The molecule has 8 aromatic rings. The lowest BCUT2D eigenvalue weighted by Crippen LogP contribution is -2.48. The molecule has 528 valence electrons. The van der Waals surface area contributed by atoms with E-state index in [4.69, 9.17) is 42.6 Å². The van der Waals surface area contributed by atoms with E-state index >= 15 is 0 Å². The molecule has 12 atom stereocenters. The fourth-order valence-corrected chi connectivity index (χ4v) is 13.6. The Labute approximate surface area is 578 Å². The van der Waals surface area contributed by atoms with Gasteiger partial charge in [0.15, 0.2) is 0 Å². The maximum atomic E-state index is 13.5. The van der Waals surface area contributed by atoms with Gasteiger partial charge in [-0.1, -0.05) is 60.7 Å². The summed E-state index contributed by atoms with van der Waals surface area (Å²) in [6.07, 6.45) is 7.37. The predicted molar refractivity (Wildman–Crippen MR) is 362 cm³/mol. The van der Waals surface area contributed by atoms with Gasteiger partial charge >= 0.3 is 0 Å². The van der Waals surface area contributed by atoms with Crippen LogP contribution < -0.4 is 33.7 Å². The average Bonchev–Trinajstić information content (AvgIpc) is 1.24. The molecule has 12 unspecified atom stereocenters. The van der Waals surface area contributed by atoms with E-state index in [9.17, 15) is 41.7 Å². The number of hydrogen-bond acceptors (Lipinski definition) is 14. The number of ether oxygens (including phenoxy) is 9. The fraction of sp³-hybridized carbons (Fsp3) is 0.400. The molecule has 17 rings (SSSR count). The van der Waals surface area contributed by atoms with Crippen molar-refractivity contribution in [2.24, 2.45) is 0 Å². The summed E-state index contributed by atoms with van der Waals surface area (Å²) in [6.45, 7) is 4.73. The lowest BCUT2D eigenvalue weighted by molar-refractivity contribution is -0.0295. The smallest absolute Gasteiger partial charge is 0.127 e. The van der Waals surface area contributed by atoms with Crippen LogP contribution in [0.5, 0.6) is 34.5 Å². The van der Waals surface area contributed by atoms with Crippen molar-refractivity contribution in [3.8, 4) is 34.5 Å². The van der Waals surface area contributed by atoms with Crippen molar-refractivity contribution in [2.75, 3.05) is 39.5 Å². The number of epoxide rings is 3. The fourth-order valence-electron chi connectivity index (χ4n) is 13.6. The van der Waals surface area contributed by atoms with Gasteiger partial charge in [0, 0.05) is 32.7 Å². The van der Waals surface area contributed by atoms with E-state index in [1.54, 1.807) is 54.6 Å². The average molecular weight is 1380 g/mol. The van der Waals surface area contributed by atoms with Gasteiger partial charge in [-0.2, -0.15) is 0 Å². The number of halogens is 6. The minimum Gasteiger partial charge on any atom is -0.487 e. The summed E-state index contributed by atoms with van der Waals surface area (Å²) >= 11 is 0. The summed E-state index contributed by atoms with van der Waals surface area (Å²) in [6, 6.07) is 47.5. The maximum absolute atomic E-state index is 13.5. The van der Waals surface area contributed by atoms with Crippen LogP contribution in [0.4, 0.5) is 26.3 Å². The third kappa shape index (κ3) is 19.5. The Morgan fingerprint density at radius 2 is 0.620 bits per heavy atom. The normalized spacial score (nSPS) is 23.7. The van der Waals surface area contributed by atoms with E-state index in [2.05, 4.69) is 5.32 Å². The molecule has 9 aliphatic heterocycles. The number of aliphatic hydroxyl groups excluding tert-OH is 3. The Morgan fingerprint density at radius 1 is 0.340 bits per heavy atom. The third-order valence-electron chi connectivity index (χ3n) is 19.3. The molecule has 9 aliphatic rings. The van der Waals surface area contributed by atoms with Crippen LogP contribution in [0.1, 0.15) is 83.0 Å². The lowest BCUT2D eigenvalue weighted by atomic mass is 9.97. The predicted octanol–water partition coefficient (Wildman–Crippen LogP) is 12.7. The summed E-state index contributed by atoms with van der Waals surface area (Å²) in [5.41, 5.74) is 7.66. The number of fused-ring (bicyclic) bond motifs is 6. The SMILES string of the molecule is Fc1ccc2c(c1)CCC(C1CO1)O2.Fc1ccc2c(c1)CCC(C1CO1)O2.Fc1ccc2c(c1)CCC(C1CO1)O2.OC(CN(Cc1ccccc1)CC(O)C1CCc2cc(F)ccc2O1)C1CCc2cc(F)ccc2O1.OC(CNCc1ccccc1)C1CCc2cc(F)ccc2O1. The Morgan fingerprint density at radius 3 is 0.930 bits per heavy atom. The third-order valence-corrected chi connectivity index (χ3v) is 19.3. The van der Waals surface area contributed by atoms with Gasteiger partial charge in [0.1, 0.15) is 143 Å². The minimum absolute atomic E-state index is 0.174. The number of aliphatic hydroxyl groups is 3. The first kappa shape index (κ1) is 70.3. The van der Waals surface area contributed by atoms with Crippen molar-refractivity contribution >= 4 is 0 Å². The summed E-state index contributed by atoms with van der Waals surface area (Å²) < 4.78 is 129. The van der Waals surface area contributed by atoms with Crippen LogP contribution in [0.2, 0.25) is 0 Å². The Bertz CT molecular complexity index is 3760. The molecule has 3 saturated heterocycles. The zero-order valence-corrected chi connectivity index (χ0v) is 55.5. The molecule has 0 amide bonds. The number of rotatable bonds is 16.